The molecule has 0 aliphatic heterocycles. The molecular formula is C19H22N2O3S2. The Hall–Kier alpha value is -1.67. The van der Waals surface area contributed by atoms with E-state index in [2.05, 4.69) is 4.98 Å². The topological polar surface area (TPSA) is 64.3 Å². The van der Waals surface area contributed by atoms with E-state index in [0.29, 0.717) is 28.4 Å². The third-order valence-electron chi connectivity index (χ3n) is 3.83. The van der Waals surface area contributed by atoms with E-state index < -0.39 is 6.10 Å². The van der Waals surface area contributed by atoms with Gasteiger partial charge in [-0.1, -0.05) is 30.0 Å². The predicted molar refractivity (Wildman–Crippen MR) is 107 cm³/mol. The maximum absolute atomic E-state index is 12.8. The summed E-state index contributed by atoms with van der Waals surface area (Å²) in [7, 11) is 0. The molecule has 1 atom stereocenters. The van der Waals surface area contributed by atoms with E-state index in [1.54, 1.807) is 22.0 Å². The predicted octanol–water partition coefficient (Wildman–Crippen LogP) is 3.71. The smallest absolute Gasteiger partial charge is 0.262 e. The Bertz CT molecular complexity index is 907. The van der Waals surface area contributed by atoms with Crippen molar-refractivity contribution < 1.29 is 9.84 Å². The summed E-state index contributed by atoms with van der Waals surface area (Å²) in [6.07, 6.45) is -0.621. The van der Waals surface area contributed by atoms with Gasteiger partial charge in [0.1, 0.15) is 0 Å². The second kappa shape index (κ2) is 8.81. The van der Waals surface area contributed by atoms with Gasteiger partial charge < -0.3 is 9.84 Å². The fraction of sp³-hybridized carbons (Fsp3) is 0.368. The van der Waals surface area contributed by atoms with Crippen molar-refractivity contribution in [2.45, 2.75) is 37.8 Å². The van der Waals surface area contributed by atoms with Crippen molar-refractivity contribution in [3.05, 3.63) is 57.0 Å². The molecule has 1 N–H and O–H groups in total. The van der Waals surface area contributed by atoms with Gasteiger partial charge in [-0.3, -0.25) is 9.36 Å². The Morgan fingerprint density at radius 3 is 2.81 bits per heavy atom. The maximum atomic E-state index is 12.8. The number of nitrogens with zero attached hydrogens (tertiary/aromatic N) is 2. The Morgan fingerprint density at radius 2 is 2.08 bits per heavy atom. The van der Waals surface area contributed by atoms with Gasteiger partial charge in [0.05, 0.1) is 30.2 Å². The van der Waals surface area contributed by atoms with Crippen LogP contribution in [0.5, 0.6) is 0 Å². The molecule has 7 heteroatoms. The van der Waals surface area contributed by atoms with Crippen molar-refractivity contribution in [3.63, 3.8) is 0 Å². The SMILES string of the molecule is CC(C)n1c(SC[C@H](O)COCc2cccs2)nc2ccccc2c1=O. The molecule has 0 bridgehead atoms. The summed E-state index contributed by atoms with van der Waals surface area (Å²) in [4.78, 5) is 18.5. The van der Waals surface area contributed by atoms with Gasteiger partial charge >= 0.3 is 0 Å². The van der Waals surface area contributed by atoms with E-state index in [4.69, 9.17) is 4.74 Å². The van der Waals surface area contributed by atoms with Crippen molar-refractivity contribution in [2.75, 3.05) is 12.4 Å². The first kappa shape index (κ1) is 19.1. The van der Waals surface area contributed by atoms with E-state index in [9.17, 15) is 9.90 Å². The lowest BCUT2D eigenvalue weighted by molar-refractivity contribution is 0.0408. The summed E-state index contributed by atoms with van der Waals surface area (Å²) in [6.45, 7) is 4.68. The molecule has 138 valence electrons. The van der Waals surface area contributed by atoms with Crippen LogP contribution in [0.1, 0.15) is 24.8 Å². The molecule has 0 aliphatic rings. The Balaban J connectivity index is 1.67. The lowest BCUT2D eigenvalue weighted by Gasteiger charge is -2.17. The number of hydrogen-bond donors (Lipinski definition) is 1. The minimum Gasteiger partial charge on any atom is -0.390 e. The highest BCUT2D eigenvalue weighted by atomic mass is 32.2. The number of thioether (sulfide) groups is 1. The summed E-state index contributed by atoms with van der Waals surface area (Å²) in [5, 5.41) is 13.4. The van der Waals surface area contributed by atoms with Crippen LogP contribution in [0, 0.1) is 0 Å². The first-order chi connectivity index (χ1) is 12.6. The van der Waals surface area contributed by atoms with Gasteiger partial charge in [0.15, 0.2) is 5.16 Å². The Labute approximate surface area is 160 Å². The zero-order valence-electron chi connectivity index (χ0n) is 14.8. The molecule has 0 aliphatic carbocycles. The molecule has 5 nitrogen and oxygen atoms in total. The minimum atomic E-state index is -0.621. The standard InChI is InChI=1S/C19H22N2O3S2/c1-13(2)21-18(23)16-7-3-4-8-17(16)20-19(21)26-12-14(22)10-24-11-15-6-5-9-25-15/h3-9,13-14,22H,10-12H2,1-2H3/t14-/m1/s1. The van der Waals surface area contributed by atoms with Gasteiger partial charge in [-0.05, 0) is 37.4 Å². The van der Waals surface area contributed by atoms with Crippen molar-refractivity contribution in [1.29, 1.82) is 0 Å². The molecular weight excluding hydrogens is 368 g/mol. The molecule has 2 heterocycles. The molecule has 0 amide bonds. The van der Waals surface area contributed by atoms with E-state index in [1.807, 2.05) is 49.6 Å². The van der Waals surface area contributed by atoms with Crippen molar-refractivity contribution in [3.8, 4) is 0 Å². The molecule has 0 radical (unpaired) electrons. The largest absolute Gasteiger partial charge is 0.390 e. The van der Waals surface area contributed by atoms with Crippen molar-refractivity contribution in [1.82, 2.24) is 9.55 Å². The Morgan fingerprint density at radius 1 is 1.27 bits per heavy atom. The molecule has 26 heavy (non-hydrogen) atoms. The first-order valence-corrected chi connectivity index (χ1v) is 10.3. The number of thiophene rings is 1. The number of para-hydroxylation sites is 1. The van der Waals surface area contributed by atoms with Gasteiger partial charge in [-0.25, -0.2) is 4.98 Å². The molecule has 1 aromatic carbocycles. The molecule has 3 rings (SSSR count). The molecule has 0 unspecified atom stereocenters. The average molecular weight is 391 g/mol. The maximum Gasteiger partial charge on any atom is 0.262 e. The zero-order valence-corrected chi connectivity index (χ0v) is 16.4. The van der Waals surface area contributed by atoms with Crippen LogP contribution in [0.2, 0.25) is 0 Å². The third-order valence-corrected chi connectivity index (χ3v) is 5.78. The number of fused-ring (bicyclic) bond motifs is 1. The van der Waals surface area contributed by atoms with Crippen molar-refractivity contribution >= 4 is 34.0 Å². The quantitative estimate of drug-likeness (QED) is 0.469. The van der Waals surface area contributed by atoms with Crippen LogP contribution >= 0.6 is 23.1 Å². The molecule has 2 aromatic heterocycles. The molecule has 0 saturated carbocycles. The lowest BCUT2D eigenvalue weighted by atomic mass is 10.2. The second-order valence-electron chi connectivity index (χ2n) is 6.24. The number of ether oxygens (including phenoxy) is 1. The summed E-state index contributed by atoms with van der Waals surface area (Å²) < 4.78 is 7.24. The first-order valence-electron chi connectivity index (χ1n) is 8.48. The molecule has 0 saturated heterocycles. The fourth-order valence-electron chi connectivity index (χ4n) is 2.59. The highest BCUT2D eigenvalue weighted by Crippen LogP contribution is 2.21. The van der Waals surface area contributed by atoms with E-state index in [-0.39, 0.29) is 18.2 Å². The zero-order chi connectivity index (χ0) is 18.5. The number of aromatic nitrogens is 2. The number of rotatable bonds is 8. The van der Waals surface area contributed by atoms with Gasteiger partial charge in [0, 0.05) is 16.7 Å². The summed E-state index contributed by atoms with van der Waals surface area (Å²) in [6, 6.07) is 11.3. The van der Waals surface area contributed by atoms with E-state index in [1.165, 1.54) is 11.8 Å². The van der Waals surface area contributed by atoms with Crippen LogP contribution in [-0.4, -0.2) is 33.1 Å². The monoisotopic (exact) mass is 390 g/mol. The van der Waals surface area contributed by atoms with Crippen LogP contribution in [0.4, 0.5) is 0 Å². The van der Waals surface area contributed by atoms with Gasteiger partial charge in [0.2, 0.25) is 0 Å². The normalized spacial score (nSPS) is 12.8. The summed E-state index contributed by atoms with van der Waals surface area (Å²) >= 11 is 3.02. The number of aliphatic hydroxyl groups is 1. The molecule has 0 spiro atoms. The van der Waals surface area contributed by atoms with Gasteiger partial charge in [0.25, 0.3) is 5.56 Å². The molecule has 3 aromatic rings. The van der Waals surface area contributed by atoms with Crippen LogP contribution in [-0.2, 0) is 11.3 Å². The average Bonchev–Trinajstić information content (AvgIpc) is 3.13. The minimum absolute atomic E-state index is 0.00525. The number of benzene rings is 1. The highest BCUT2D eigenvalue weighted by Gasteiger charge is 2.15. The number of aliphatic hydroxyl groups excluding tert-OH is 1. The summed E-state index contributed by atoms with van der Waals surface area (Å²) in [5.41, 5.74) is 0.636. The summed E-state index contributed by atoms with van der Waals surface area (Å²) in [5.74, 6) is 0.419. The molecule has 0 fully saturated rings. The van der Waals surface area contributed by atoms with Crippen LogP contribution in [0.25, 0.3) is 10.9 Å². The van der Waals surface area contributed by atoms with Gasteiger partial charge in [-0.15, -0.1) is 11.3 Å². The fourth-order valence-corrected chi connectivity index (χ4v) is 4.27. The van der Waals surface area contributed by atoms with E-state index in [0.717, 1.165) is 4.88 Å². The Kier molecular flexibility index (Phi) is 6.48. The van der Waals surface area contributed by atoms with Crippen LogP contribution < -0.4 is 5.56 Å². The van der Waals surface area contributed by atoms with Gasteiger partial charge in [-0.2, -0.15) is 0 Å². The number of hydrogen-bond acceptors (Lipinski definition) is 6. The van der Waals surface area contributed by atoms with Crippen LogP contribution in [0.3, 0.4) is 0 Å². The lowest BCUT2D eigenvalue weighted by Crippen LogP contribution is -2.26. The van der Waals surface area contributed by atoms with Crippen LogP contribution in [0.15, 0.2) is 51.7 Å². The third kappa shape index (κ3) is 4.54. The second-order valence-corrected chi connectivity index (χ2v) is 8.26. The highest BCUT2D eigenvalue weighted by molar-refractivity contribution is 7.99. The van der Waals surface area contributed by atoms with Crippen molar-refractivity contribution in [2.24, 2.45) is 0 Å². The van der Waals surface area contributed by atoms with E-state index >= 15 is 0 Å².